The maximum Gasteiger partial charge on any atom is 0.326 e. The van der Waals surface area contributed by atoms with Gasteiger partial charge < -0.3 is 14.9 Å². The molecule has 1 saturated heterocycles. The first-order valence-corrected chi connectivity index (χ1v) is 5.93. The summed E-state index contributed by atoms with van der Waals surface area (Å²) < 4.78 is 0. The molecule has 96 valence electrons. The van der Waals surface area contributed by atoms with Crippen molar-refractivity contribution in [2.24, 2.45) is 0 Å². The van der Waals surface area contributed by atoms with E-state index in [1.54, 1.807) is 11.9 Å². The fourth-order valence-electron chi connectivity index (χ4n) is 2.04. The summed E-state index contributed by atoms with van der Waals surface area (Å²) in [6, 6.07) is -0.830. The molecule has 1 N–H and O–H groups in total. The van der Waals surface area contributed by atoms with E-state index in [0.717, 1.165) is 19.3 Å². The van der Waals surface area contributed by atoms with Crippen LogP contribution in [0.2, 0.25) is 0 Å². The Labute approximate surface area is 102 Å². The van der Waals surface area contributed by atoms with Crippen LogP contribution in [0.25, 0.3) is 0 Å². The van der Waals surface area contributed by atoms with Crippen LogP contribution in [0, 0.1) is 0 Å². The molecule has 0 aromatic carbocycles. The number of carboxylic acids is 1. The molecule has 0 aliphatic carbocycles. The molecule has 0 aromatic rings. The summed E-state index contributed by atoms with van der Waals surface area (Å²) in [6.07, 6.45) is 4.86. The van der Waals surface area contributed by atoms with Crippen LogP contribution in [0.1, 0.15) is 25.7 Å². The minimum atomic E-state index is -0.907. The van der Waals surface area contributed by atoms with Gasteiger partial charge in [0.05, 0.1) is 0 Å². The molecule has 1 aliphatic rings. The van der Waals surface area contributed by atoms with E-state index in [9.17, 15) is 9.59 Å². The van der Waals surface area contributed by atoms with Crippen molar-refractivity contribution in [2.45, 2.75) is 31.7 Å². The van der Waals surface area contributed by atoms with E-state index in [2.05, 4.69) is 6.58 Å². The normalized spacial score (nSPS) is 19.1. The Morgan fingerprint density at radius 2 is 2.29 bits per heavy atom. The van der Waals surface area contributed by atoms with Crippen molar-refractivity contribution in [3.63, 3.8) is 0 Å². The molecule has 5 heteroatoms. The smallest absolute Gasteiger partial charge is 0.326 e. The molecule has 0 saturated carbocycles. The molecule has 1 rings (SSSR count). The first-order valence-electron chi connectivity index (χ1n) is 5.93. The van der Waals surface area contributed by atoms with E-state index in [-0.39, 0.29) is 6.03 Å². The average Bonchev–Trinajstić information content (AvgIpc) is 2.77. The quantitative estimate of drug-likeness (QED) is 0.586. The molecule has 1 fully saturated rings. The van der Waals surface area contributed by atoms with E-state index in [0.29, 0.717) is 19.5 Å². The van der Waals surface area contributed by atoms with E-state index in [1.165, 1.54) is 4.90 Å². The summed E-state index contributed by atoms with van der Waals surface area (Å²) >= 11 is 0. The second kappa shape index (κ2) is 6.27. The molecule has 0 spiro atoms. The Balaban J connectivity index is 2.50. The minimum absolute atomic E-state index is 0.182. The Morgan fingerprint density at radius 3 is 2.88 bits per heavy atom. The maximum atomic E-state index is 12.0. The lowest BCUT2D eigenvalue weighted by molar-refractivity contribution is -0.141. The number of nitrogens with zero attached hydrogens (tertiary/aromatic N) is 2. The molecular formula is C12H20N2O3. The number of unbranched alkanes of at least 4 members (excludes halogenated alkanes) is 1. The van der Waals surface area contributed by atoms with Gasteiger partial charge in [0, 0.05) is 20.1 Å². The van der Waals surface area contributed by atoms with Crippen LogP contribution in [0.15, 0.2) is 12.7 Å². The molecule has 17 heavy (non-hydrogen) atoms. The zero-order chi connectivity index (χ0) is 12.8. The molecule has 0 aromatic heterocycles. The summed E-state index contributed by atoms with van der Waals surface area (Å²) in [6.45, 7) is 4.80. The number of carboxylic acid groups (broad SMARTS) is 1. The third-order valence-corrected chi connectivity index (χ3v) is 3.01. The Bertz CT molecular complexity index is 304. The van der Waals surface area contributed by atoms with Crippen molar-refractivity contribution in [2.75, 3.05) is 20.1 Å². The highest BCUT2D eigenvalue weighted by molar-refractivity contribution is 5.83. The van der Waals surface area contributed by atoms with E-state index < -0.39 is 12.0 Å². The lowest BCUT2D eigenvalue weighted by atomic mass is 10.2. The van der Waals surface area contributed by atoms with Gasteiger partial charge in [-0.15, -0.1) is 6.58 Å². The van der Waals surface area contributed by atoms with Crippen molar-refractivity contribution >= 4 is 12.0 Å². The number of carbonyl (C=O) groups excluding carboxylic acids is 1. The van der Waals surface area contributed by atoms with Gasteiger partial charge in [0.1, 0.15) is 6.04 Å². The Morgan fingerprint density at radius 1 is 1.59 bits per heavy atom. The molecule has 1 aliphatic heterocycles. The topological polar surface area (TPSA) is 60.9 Å². The molecule has 1 heterocycles. The average molecular weight is 240 g/mol. The molecule has 0 radical (unpaired) electrons. The van der Waals surface area contributed by atoms with Gasteiger partial charge in [0.15, 0.2) is 0 Å². The van der Waals surface area contributed by atoms with E-state index >= 15 is 0 Å². The van der Waals surface area contributed by atoms with E-state index in [1.807, 2.05) is 6.08 Å². The minimum Gasteiger partial charge on any atom is -0.480 e. The second-order valence-electron chi connectivity index (χ2n) is 4.32. The van der Waals surface area contributed by atoms with Gasteiger partial charge in [-0.3, -0.25) is 0 Å². The highest BCUT2D eigenvalue weighted by Crippen LogP contribution is 2.19. The van der Waals surface area contributed by atoms with Crippen LogP contribution >= 0.6 is 0 Å². The number of carbonyl (C=O) groups is 2. The van der Waals surface area contributed by atoms with Crippen molar-refractivity contribution in [3.8, 4) is 0 Å². The largest absolute Gasteiger partial charge is 0.480 e. The van der Waals surface area contributed by atoms with Gasteiger partial charge in [-0.2, -0.15) is 0 Å². The number of urea groups is 1. The molecule has 2 amide bonds. The zero-order valence-corrected chi connectivity index (χ0v) is 10.3. The van der Waals surface area contributed by atoms with Gasteiger partial charge in [-0.25, -0.2) is 9.59 Å². The number of likely N-dealkylation sites (tertiary alicyclic amines) is 1. The molecular weight excluding hydrogens is 220 g/mol. The second-order valence-corrected chi connectivity index (χ2v) is 4.32. The van der Waals surface area contributed by atoms with Crippen LogP contribution in [-0.2, 0) is 4.79 Å². The maximum absolute atomic E-state index is 12.0. The predicted molar refractivity (Wildman–Crippen MR) is 64.8 cm³/mol. The number of amides is 2. The monoisotopic (exact) mass is 240 g/mol. The van der Waals surface area contributed by atoms with Crippen molar-refractivity contribution in [1.29, 1.82) is 0 Å². The standard InChI is InChI=1S/C12H20N2O3/c1-3-4-5-8-13(2)12(17)14-9-6-7-10(14)11(15)16/h3,10H,1,4-9H2,2H3,(H,15,16). The summed E-state index contributed by atoms with van der Waals surface area (Å²) in [5.41, 5.74) is 0. The summed E-state index contributed by atoms with van der Waals surface area (Å²) in [5.74, 6) is -0.907. The van der Waals surface area contributed by atoms with Crippen LogP contribution in [0.4, 0.5) is 4.79 Å². The Kier molecular flexibility index (Phi) is 5.00. The van der Waals surface area contributed by atoms with E-state index in [4.69, 9.17) is 5.11 Å². The molecule has 1 atom stereocenters. The van der Waals surface area contributed by atoms with Crippen molar-refractivity contribution in [3.05, 3.63) is 12.7 Å². The van der Waals surface area contributed by atoms with Gasteiger partial charge in [-0.1, -0.05) is 6.08 Å². The van der Waals surface area contributed by atoms with Crippen LogP contribution < -0.4 is 0 Å². The van der Waals surface area contributed by atoms with Gasteiger partial charge >= 0.3 is 12.0 Å². The van der Waals surface area contributed by atoms with Gasteiger partial charge in [0.2, 0.25) is 0 Å². The SMILES string of the molecule is C=CCCCN(C)C(=O)N1CCCC1C(=O)O. The highest BCUT2D eigenvalue weighted by atomic mass is 16.4. The summed E-state index contributed by atoms with van der Waals surface area (Å²) in [5, 5.41) is 9.00. The molecule has 0 bridgehead atoms. The van der Waals surface area contributed by atoms with Crippen LogP contribution in [0.3, 0.4) is 0 Å². The summed E-state index contributed by atoms with van der Waals surface area (Å²) in [7, 11) is 1.71. The predicted octanol–water partition coefficient (Wildman–Crippen LogP) is 1.55. The first-order chi connectivity index (χ1) is 8.07. The zero-order valence-electron chi connectivity index (χ0n) is 10.3. The van der Waals surface area contributed by atoms with Crippen LogP contribution in [-0.4, -0.2) is 53.1 Å². The molecule has 5 nitrogen and oxygen atoms in total. The third-order valence-electron chi connectivity index (χ3n) is 3.01. The molecule has 1 unspecified atom stereocenters. The third kappa shape index (κ3) is 3.47. The Hall–Kier alpha value is -1.52. The van der Waals surface area contributed by atoms with Crippen LogP contribution in [0.5, 0.6) is 0 Å². The number of hydrogen-bond acceptors (Lipinski definition) is 2. The van der Waals surface area contributed by atoms with Gasteiger partial charge in [0.25, 0.3) is 0 Å². The fourth-order valence-corrected chi connectivity index (χ4v) is 2.04. The lowest BCUT2D eigenvalue weighted by Crippen LogP contribution is -2.46. The first kappa shape index (κ1) is 13.5. The summed E-state index contributed by atoms with van der Waals surface area (Å²) in [4.78, 5) is 26.0. The fraction of sp³-hybridized carbons (Fsp3) is 0.667. The number of hydrogen-bond donors (Lipinski definition) is 1. The number of rotatable bonds is 5. The highest BCUT2D eigenvalue weighted by Gasteiger charge is 2.35. The van der Waals surface area contributed by atoms with Crippen molar-refractivity contribution in [1.82, 2.24) is 9.80 Å². The number of allylic oxidation sites excluding steroid dienone is 1. The number of aliphatic carboxylic acids is 1. The van der Waals surface area contributed by atoms with Gasteiger partial charge in [-0.05, 0) is 25.7 Å². The van der Waals surface area contributed by atoms with Crippen molar-refractivity contribution < 1.29 is 14.7 Å². The lowest BCUT2D eigenvalue weighted by Gasteiger charge is -2.27.